The average molecular weight is 558 g/mol. The quantitative estimate of drug-likeness (QED) is 0.275. The molecule has 3 nitrogen and oxygen atoms in total. The summed E-state index contributed by atoms with van der Waals surface area (Å²) in [6.07, 6.45) is 21.6. The van der Waals surface area contributed by atoms with Crippen LogP contribution in [0.5, 0.6) is 0 Å². The van der Waals surface area contributed by atoms with Crippen molar-refractivity contribution in [3.63, 3.8) is 0 Å². The minimum atomic E-state index is -0.0303. The van der Waals surface area contributed by atoms with Crippen molar-refractivity contribution in [2.24, 2.45) is 5.41 Å². The Morgan fingerprint density at radius 3 is 2.41 bits per heavy atom. The predicted octanol–water partition coefficient (Wildman–Crippen LogP) is 8.40. The predicted molar refractivity (Wildman–Crippen MR) is 179 cm³/mol. The first-order valence-corrected chi connectivity index (χ1v) is 15.5. The lowest BCUT2D eigenvalue weighted by Crippen LogP contribution is -2.45. The van der Waals surface area contributed by atoms with Gasteiger partial charge in [-0.25, -0.2) is 0 Å². The van der Waals surface area contributed by atoms with Gasteiger partial charge in [-0.3, -0.25) is 0 Å². The summed E-state index contributed by atoms with van der Waals surface area (Å²) in [6, 6.07) is 14.1. The Balaban J connectivity index is 0.00000102. The summed E-state index contributed by atoms with van der Waals surface area (Å²) in [7, 11) is 0. The fourth-order valence-corrected chi connectivity index (χ4v) is 6.15. The summed E-state index contributed by atoms with van der Waals surface area (Å²) in [5, 5.41) is 6.61. The zero-order valence-corrected chi connectivity index (χ0v) is 26.7. The molecule has 0 aromatic heterocycles. The molecule has 0 aliphatic heterocycles. The number of carbonyl (C=O) groups is 2. The fourth-order valence-electron chi connectivity index (χ4n) is 6.15. The first-order chi connectivity index (χ1) is 19.8. The van der Waals surface area contributed by atoms with E-state index in [1.54, 1.807) is 5.57 Å². The number of benzene rings is 2. The van der Waals surface area contributed by atoms with E-state index in [-0.39, 0.29) is 6.97 Å². The van der Waals surface area contributed by atoms with E-state index in [2.05, 4.69) is 93.7 Å². The molecule has 0 bridgehead atoms. The highest BCUT2D eigenvalue weighted by Crippen LogP contribution is 2.40. The van der Waals surface area contributed by atoms with Crippen LogP contribution in [0, 0.1) is 12.3 Å². The lowest BCUT2D eigenvalue weighted by molar-refractivity contribution is -0.106. The third-order valence-corrected chi connectivity index (χ3v) is 8.55. The first kappa shape index (κ1) is 34.0. The van der Waals surface area contributed by atoms with E-state index in [0.29, 0.717) is 5.41 Å². The molecule has 3 aliphatic rings. The lowest BCUT2D eigenvalue weighted by atomic mass is 9.71. The summed E-state index contributed by atoms with van der Waals surface area (Å²) in [4.78, 5) is 16.8. The van der Waals surface area contributed by atoms with Crippen molar-refractivity contribution in [1.82, 2.24) is 5.32 Å². The molecule has 2 aromatic carbocycles. The Morgan fingerprint density at radius 2 is 1.80 bits per heavy atom. The van der Waals surface area contributed by atoms with Crippen molar-refractivity contribution >= 4 is 25.2 Å². The number of allylic oxidation sites excluding steroid dienone is 4. The van der Waals surface area contributed by atoms with Crippen molar-refractivity contribution in [3.8, 4) is 11.1 Å². The van der Waals surface area contributed by atoms with Crippen LogP contribution in [0.2, 0.25) is 0 Å². The molecule has 0 spiro atoms. The van der Waals surface area contributed by atoms with Gasteiger partial charge < -0.3 is 14.9 Å². The van der Waals surface area contributed by atoms with E-state index < -0.39 is 0 Å². The molecule has 41 heavy (non-hydrogen) atoms. The maximum atomic E-state index is 8.81. The molecule has 2 aromatic rings. The number of nitrogens with one attached hydrogen (secondary N) is 1. The molecular weight excluding hydrogens is 502 g/mol. The number of carbonyl (C=O) groups excluding carboxylic acids is 2. The molecule has 0 saturated heterocycles. The van der Waals surface area contributed by atoms with Crippen LogP contribution >= 0.6 is 0 Å². The standard InChI is InChI=1S/C33H41N.C2H4O.C2H6.CH2O.H2/c1-5-33(16-7-6-8-17-33)19-14-26-20-24(2)21-29(22-26)30-11-9-10-28-15-18-32(4,23-31(28)30)34-25(3)27-12-13-27;1-2-3;2*1-2;/h6-7,9-11,15,20-23,34H,5,8,12-14,16-19H2,1-4H3;2H,1H3;1-2H3;1H2;1H. The Hall–Kier alpha value is -3.20. The molecule has 0 heterocycles. The van der Waals surface area contributed by atoms with E-state index in [9.17, 15) is 0 Å². The van der Waals surface area contributed by atoms with Crippen LogP contribution in [0.4, 0.5) is 0 Å². The van der Waals surface area contributed by atoms with Gasteiger partial charge in [0.15, 0.2) is 0 Å². The van der Waals surface area contributed by atoms with Gasteiger partial charge in [0.1, 0.15) is 13.1 Å². The van der Waals surface area contributed by atoms with Gasteiger partial charge in [0.2, 0.25) is 0 Å². The van der Waals surface area contributed by atoms with E-state index in [1.807, 2.05) is 20.6 Å². The molecule has 3 heteroatoms. The topological polar surface area (TPSA) is 46.2 Å². The van der Waals surface area contributed by atoms with E-state index in [1.165, 1.54) is 96.7 Å². The third-order valence-electron chi connectivity index (χ3n) is 8.55. The van der Waals surface area contributed by atoms with Gasteiger partial charge in [0.25, 0.3) is 0 Å². The highest BCUT2D eigenvalue weighted by atomic mass is 16.1. The molecule has 0 amide bonds. The molecule has 1 fully saturated rings. The molecule has 1 saturated carbocycles. The maximum Gasteiger partial charge on any atom is 0.116 e. The monoisotopic (exact) mass is 557 g/mol. The Labute approximate surface area is 251 Å². The summed E-state index contributed by atoms with van der Waals surface area (Å²) >= 11 is 0. The van der Waals surface area contributed by atoms with Crippen molar-refractivity contribution < 1.29 is 11.0 Å². The second-order valence-electron chi connectivity index (χ2n) is 11.6. The van der Waals surface area contributed by atoms with E-state index in [0.717, 1.165) is 12.7 Å². The number of hydrogen-bond acceptors (Lipinski definition) is 3. The van der Waals surface area contributed by atoms with Crippen molar-refractivity contribution in [2.45, 2.75) is 112 Å². The highest BCUT2D eigenvalue weighted by molar-refractivity contribution is 5.69. The lowest BCUT2D eigenvalue weighted by Gasteiger charge is -2.34. The Kier molecular flexibility index (Phi) is 13.5. The number of rotatable bonds is 7. The van der Waals surface area contributed by atoms with Crippen LogP contribution in [0.25, 0.3) is 23.3 Å². The van der Waals surface area contributed by atoms with Gasteiger partial charge in [-0.05, 0) is 112 Å². The van der Waals surface area contributed by atoms with Gasteiger partial charge in [-0.15, -0.1) is 0 Å². The fraction of sp³-hybridized carbons (Fsp3) is 0.474. The number of aldehydes is 1. The van der Waals surface area contributed by atoms with Crippen molar-refractivity contribution in [3.05, 3.63) is 81.4 Å². The minimum Gasteiger partial charge on any atom is -0.380 e. The summed E-state index contributed by atoms with van der Waals surface area (Å²) in [5.74, 6) is 0. The van der Waals surface area contributed by atoms with Gasteiger partial charge in [-0.2, -0.15) is 0 Å². The van der Waals surface area contributed by atoms with Gasteiger partial charge >= 0.3 is 0 Å². The summed E-state index contributed by atoms with van der Waals surface area (Å²) in [6.45, 7) is 16.7. The second-order valence-corrected chi connectivity index (χ2v) is 11.6. The zero-order chi connectivity index (χ0) is 30.5. The normalized spacial score (nSPS) is 21.5. The molecular formula is C38H55NO2. The second kappa shape index (κ2) is 16.3. The van der Waals surface area contributed by atoms with Crippen molar-refractivity contribution in [2.75, 3.05) is 0 Å². The molecule has 3 aliphatic carbocycles. The molecule has 224 valence electrons. The van der Waals surface area contributed by atoms with Crippen molar-refractivity contribution in [1.29, 1.82) is 0 Å². The first-order valence-electron chi connectivity index (χ1n) is 15.5. The molecule has 2 atom stereocenters. The number of hydrogen-bond donors (Lipinski definition) is 1. The van der Waals surface area contributed by atoms with Crippen LogP contribution in [-0.4, -0.2) is 18.6 Å². The molecule has 2 unspecified atom stereocenters. The van der Waals surface area contributed by atoms with E-state index >= 15 is 0 Å². The smallest absolute Gasteiger partial charge is 0.116 e. The van der Waals surface area contributed by atoms with Gasteiger partial charge in [-0.1, -0.05) is 99.0 Å². The van der Waals surface area contributed by atoms with Crippen LogP contribution in [-0.2, 0) is 16.0 Å². The summed E-state index contributed by atoms with van der Waals surface area (Å²) < 4.78 is 0. The third kappa shape index (κ3) is 9.42. The molecule has 5 rings (SSSR count). The largest absolute Gasteiger partial charge is 0.380 e. The highest BCUT2D eigenvalue weighted by Gasteiger charge is 2.28. The number of aryl methyl sites for hydroxylation is 2. The Bertz CT molecular complexity index is 1340. The van der Waals surface area contributed by atoms with Gasteiger partial charge in [0, 0.05) is 7.12 Å². The summed E-state index contributed by atoms with van der Waals surface area (Å²) in [5.41, 5.74) is 9.04. The van der Waals surface area contributed by atoms with Gasteiger partial charge in [0.05, 0.1) is 5.54 Å². The Morgan fingerprint density at radius 1 is 1.10 bits per heavy atom. The average Bonchev–Trinajstić information content (AvgIpc) is 3.85. The zero-order valence-electron chi connectivity index (χ0n) is 26.7. The van der Waals surface area contributed by atoms with Crippen LogP contribution in [0.3, 0.4) is 0 Å². The SMILES string of the molecule is C=O.CC.CC=O.CCC1(CCc2cc(C)cc(-c3cccc4c3=CC(C)(NC(C)=C3CC3)CC=4)c2)CC=CCC1.[HH]. The molecule has 0 radical (unpaired) electrons. The minimum absolute atomic E-state index is 0. The van der Waals surface area contributed by atoms with Crippen LogP contribution in [0.15, 0.2) is 59.8 Å². The number of fused-ring (bicyclic) bond motifs is 1. The van der Waals surface area contributed by atoms with Crippen LogP contribution in [0.1, 0.15) is 105 Å². The van der Waals surface area contributed by atoms with E-state index in [4.69, 9.17) is 9.59 Å². The maximum absolute atomic E-state index is 8.81. The molecule has 1 N–H and O–H groups in total. The van der Waals surface area contributed by atoms with Crippen LogP contribution < -0.4 is 15.8 Å².